The van der Waals surface area contributed by atoms with Crippen LogP contribution >= 0.6 is 15.9 Å². The van der Waals surface area contributed by atoms with Gasteiger partial charge in [0.1, 0.15) is 0 Å². The first-order valence-electron chi connectivity index (χ1n) is 6.95. The minimum Gasteiger partial charge on any atom is -0.271 e. The maximum absolute atomic E-state index is 5.82. The van der Waals surface area contributed by atoms with Gasteiger partial charge >= 0.3 is 0 Å². The molecule has 4 nitrogen and oxygen atoms in total. The van der Waals surface area contributed by atoms with Crippen molar-refractivity contribution in [3.63, 3.8) is 0 Å². The number of rotatable bonds is 5. The number of aryl methyl sites for hydroxylation is 1. The summed E-state index contributed by atoms with van der Waals surface area (Å²) in [5.74, 6) is 6.45. The molecule has 5 heteroatoms. The Morgan fingerprint density at radius 2 is 2.22 bits per heavy atom. The van der Waals surface area contributed by atoms with E-state index in [-0.39, 0.29) is 6.04 Å². The Hall–Kier alpha value is -0.390. The van der Waals surface area contributed by atoms with Crippen LogP contribution in [0, 0.1) is 5.92 Å². The summed E-state index contributed by atoms with van der Waals surface area (Å²) < 4.78 is 3.16. The number of aromatic nitrogens is 2. The number of hydrazine groups is 1. The second-order valence-electron chi connectivity index (χ2n) is 5.14. The lowest BCUT2D eigenvalue weighted by atomic mass is 9.83. The summed E-state index contributed by atoms with van der Waals surface area (Å²) in [5, 5.41) is 4.44. The molecule has 1 saturated carbocycles. The van der Waals surface area contributed by atoms with Gasteiger partial charge in [-0.25, -0.2) is 0 Å². The van der Waals surface area contributed by atoms with Crippen molar-refractivity contribution in [2.24, 2.45) is 11.8 Å². The van der Waals surface area contributed by atoms with Crippen molar-refractivity contribution in [3.8, 4) is 0 Å². The van der Waals surface area contributed by atoms with Crippen molar-refractivity contribution in [1.29, 1.82) is 0 Å². The number of hydrogen-bond donors (Lipinski definition) is 2. The Morgan fingerprint density at radius 1 is 1.50 bits per heavy atom. The van der Waals surface area contributed by atoms with Gasteiger partial charge < -0.3 is 0 Å². The van der Waals surface area contributed by atoms with Gasteiger partial charge in [0.2, 0.25) is 0 Å². The van der Waals surface area contributed by atoms with E-state index >= 15 is 0 Å². The Bertz CT molecular complexity index is 371. The third-order valence-electron chi connectivity index (χ3n) is 3.86. The van der Waals surface area contributed by atoms with E-state index in [1.807, 2.05) is 6.20 Å². The first kappa shape index (κ1) is 14.0. The largest absolute Gasteiger partial charge is 0.271 e. The van der Waals surface area contributed by atoms with Crippen molar-refractivity contribution in [1.82, 2.24) is 15.2 Å². The Labute approximate surface area is 117 Å². The number of nitrogens with two attached hydrogens (primary N) is 1. The van der Waals surface area contributed by atoms with Crippen LogP contribution in [0.15, 0.2) is 10.7 Å². The average molecular weight is 315 g/mol. The fourth-order valence-corrected chi connectivity index (χ4v) is 3.52. The SMILES string of the molecule is CCCn1ncc(Br)c1C(NN)C1CCCCC1. The molecule has 102 valence electrons. The van der Waals surface area contributed by atoms with Crippen molar-refractivity contribution >= 4 is 15.9 Å². The molecule has 1 fully saturated rings. The van der Waals surface area contributed by atoms with Crippen LogP contribution in [0.2, 0.25) is 0 Å². The number of nitrogens with zero attached hydrogens (tertiary/aromatic N) is 2. The first-order chi connectivity index (χ1) is 8.77. The predicted octanol–water partition coefficient (Wildman–Crippen LogP) is 3.14. The highest BCUT2D eigenvalue weighted by Crippen LogP contribution is 2.36. The fraction of sp³-hybridized carbons (Fsp3) is 0.769. The van der Waals surface area contributed by atoms with Crippen molar-refractivity contribution in [2.45, 2.75) is 58.0 Å². The summed E-state index contributed by atoms with van der Waals surface area (Å²) in [5.41, 5.74) is 4.24. The normalized spacial score (nSPS) is 19.1. The molecule has 1 aromatic rings. The van der Waals surface area contributed by atoms with Crippen LogP contribution < -0.4 is 11.3 Å². The summed E-state index contributed by atoms with van der Waals surface area (Å²) >= 11 is 3.62. The van der Waals surface area contributed by atoms with E-state index in [4.69, 9.17) is 5.84 Å². The number of hydrogen-bond acceptors (Lipinski definition) is 3. The van der Waals surface area contributed by atoms with E-state index in [0.717, 1.165) is 17.4 Å². The molecule has 0 amide bonds. The lowest BCUT2D eigenvalue weighted by Gasteiger charge is -2.30. The van der Waals surface area contributed by atoms with Crippen LogP contribution in [0.5, 0.6) is 0 Å². The fourth-order valence-electron chi connectivity index (χ4n) is 2.98. The van der Waals surface area contributed by atoms with Gasteiger partial charge in [0.25, 0.3) is 0 Å². The molecule has 0 radical (unpaired) electrons. The predicted molar refractivity (Wildman–Crippen MR) is 76.9 cm³/mol. The molecule has 0 saturated heterocycles. The quantitative estimate of drug-likeness (QED) is 0.648. The molecular formula is C13H23BrN4. The van der Waals surface area contributed by atoms with Crippen LogP contribution in [0.25, 0.3) is 0 Å². The third-order valence-corrected chi connectivity index (χ3v) is 4.48. The molecule has 1 aromatic heterocycles. The molecule has 0 spiro atoms. The summed E-state index contributed by atoms with van der Waals surface area (Å²) in [4.78, 5) is 0. The van der Waals surface area contributed by atoms with E-state index in [1.54, 1.807) is 0 Å². The Kier molecular flexibility index (Phi) is 5.21. The van der Waals surface area contributed by atoms with Crippen LogP contribution in [0.3, 0.4) is 0 Å². The second kappa shape index (κ2) is 6.68. The van der Waals surface area contributed by atoms with Crippen LogP contribution in [-0.2, 0) is 6.54 Å². The molecular weight excluding hydrogens is 292 g/mol. The standard InChI is InChI=1S/C13H23BrN4/c1-2-8-18-13(11(14)9-16-18)12(17-15)10-6-4-3-5-7-10/h9-10,12,17H,2-8,15H2,1H3. The zero-order valence-electron chi connectivity index (χ0n) is 11.0. The van der Waals surface area contributed by atoms with Crippen LogP contribution in [0.4, 0.5) is 0 Å². The molecule has 2 rings (SSSR count). The zero-order valence-corrected chi connectivity index (χ0v) is 12.6. The van der Waals surface area contributed by atoms with Gasteiger partial charge in [0, 0.05) is 6.54 Å². The molecule has 1 aliphatic rings. The van der Waals surface area contributed by atoms with Crippen LogP contribution in [0.1, 0.15) is 57.2 Å². The third kappa shape index (κ3) is 2.95. The molecule has 18 heavy (non-hydrogen) atoms. The van der Waals surface area contributed by atoms with Crippen LogP contribution in [-0.4, -0.2) is 9.78 Å². The molecule has 0 aromatic carbocycles. The highest BCUT2D eigenvalue weighted by Gasteiger charge is 2.28. The minimum absolute atomic E-state index is 0.216. The van der Waals surface area contributed by atoms with E-state index in [2.05, 4.69) is 38.1 Å². The molecule has 0 bridgehead atoms. The van der Waals surface area contributed by atoms with Crippen molar-refractivity contribution < 1.29 is 0 Å². The lowest BCUT2D eigenvalue weighted by molar-refractivity contribution is 0.261. The molecule has 1 atom stereocenters. The van der Waals surface area contributed by atoms with Gasteiger partial charge in [-0.05, 0) is 41.1 Å². The van der Waals surface area contributed by atoms with Crippen molar-refractivity contribution in [3.05, 3.63) is 16.4 Å². The van der Waals surface area contributed by atoms with Crippen molar-refractivity contribution in [2.75, 3.05) is 0 Å². The van der Waals surface area contributed by atoms with E-state index in [1.165, 1.54) is 37.8 Å². The van der Waals surface area contributed by atoms with Gasteiger partial charge in [-0.15, -0.1) is 0 Å². The number of nitrogens with one attached hydrogen (secondary N) is 1. The van der Waals surface area contributed by atoms with Gasteiger partial charge in [-0.2, -0.15) is 5.10 Å². The molecule has 3 N–H and O–H groups in total. The first-order valence-corrected chi connectivity index (χ1v) is 7.74. The Morgan fingerprint density at radius 3 is 2.83 bits per heavy atom. The van der Waals surface area contributed by atoms with E-state index in [9.17, 15) is 0 Å². The maximum atomic E-state index is 5.82. The topological polar surface area (TPSA) is 55.9 Å². The van der Waals surface area contributed by atoms with Gasteiger partial charge in [-0.1, -0.05) is 26.2 Å². The molecule has 1 heterocycles. The highest BCUT2D eigenvalue weighted by atomic mass is 79.9. The maximum Gasteiger partial charge on any atom is 0.0712 e. The van der Waals surface area contributed by atoms with Gasteiger partial charge in [-0.3, -0.25) is 16.0 Å². The summed E-state index contributed by atoms with van der Waals surface area (Å²) in [6.07, 6.45) is 9.51. The summed E-state index contributed by atoms with van der Waals surface area (Å²) in [7, 11) is 0. The molecule has 1 aliphatic carbocycles. The second-order valence-corrected chi connectivity index (χ2v) is 6.00. The summed E-state index contributed by atoms with van der Waals surface area (Å²) in [6.45, 7) is 3.12. The van der Waals surface area contributed by atoms with E-state index in [0.29, 0.717) is 5.92 Å². The summed E-state index contributed by atoms with van der Waals surface area (Å²) in [6, 6.07) is 0.216. The molecule has 0 aliphatic heterocycles. The highest BCUT2D eigenvalue weighted by molar-refractivity contribution is 9.10. The zero-order chi connectivity index (χ0) is 13.0. The number of halogens is 1. The average Bonchev–Trinajstić information content (AvgIpc) is 2.75. The monoisotopic (exact) mass is 314 g/mol. The minimum atomic E-state index is 0.216. The smallest absolute Gasteiger partial charge is 0.0712 e. The van der Waals surface area contributed by atoms with Gasteiger partial charge in [0.15, 0.2) is 0 Å². The lowest BCUT2D eigenvalue weighted by Crippen LogP contribution is -2.36. The molecule has 1 unspecified atom stereocenters. The van der Waals surface area contributed by atoms with E-state index < -0.39 is 0 Å². The van der Waals surface area contributed by atoms with Gasteiger partial charge in [0.05, 0.1) is 22.4 Å². The Balaban J connectivity index is 2.22.